The van der Waals surface area contributed by atoms with Gasteiger partial charge in [-0.3, -0.25) is 4.79 Å². The minimum Gasteiger partial charge on any atom is -0.487 e. The zero-order valence-electron chi connectivity index (χ0n) is 12.2. The van der Waals surface area contributed by atoms with Gasteiger partial charge in [0.05, 0.1) is 10.9 Å². The van der Waals surface area contributed by atoms with E-state index in [0.717, 1.165) is 4.47 Å². The second-order valence-corrected chi connectivity index (χ2v) is 6.60. The summed E-state index contributed by atoms with van der Waals surface area (Å²) in [4.78, 5) is 11.0. The van der Waals surface area contributed by atoms with Crippen LogP contribution in [0, 0.1) is 5.82 Å². The summed E-state index contributed by atoms with van der Waals surface area (Å²) in [6, 6.07) is 8.00. The highest BCUT2D eigenvalue weighted by molar-refractivity contribution is 9.11. The molecule has 0 aliphatic rings. The molecular formula is C16H14Br2FNO3. The number of anilines is 1. The molecule has 0 saturated carbocycles. The number of nitrogens with one attached hydrogen (secondary N) is 1. The summed E-state index contributed by atoms with van der Waals surface area (Å²) in [7, 11) is 1.70. The summed E-state index contributed by atoms with van der Waals surface area (Å²) in [5.41, 5.74) is 1.82. The lowest BCUT2D eigenvalue weighted by Crippen LogP contribution is -2.05. The van der Waals surface area contributed by atoms with Gasteiger partial charge >= 0.3 is 5.97 Å². The van der Waals surface area contributed by atoms with Crippen LogP contribution in [-0.2, 0) is 17.8 Å². The van der Waals surface area contributed by atoms with Gasteiger partial charge in [-0.25, -0.2) is 4.39 Å². The Bertz CT molecular complexity index is 738. The number of carbonyl (C=O) groups is 1. The van der Waals surface area contributed by atoms with Crippen molar-refractivity contribution < 1.29 is 19.0 Å². The number of hydrogen-bond donors (Lipinski definition) is 2. The first-order valence-electron chi connectivity index (χ1n) is 6.68. The predicted octanol–water partition coefficient (Wildman–Crippen LogP) is 4.60. The molecule has 0 aliphatic carbocycles. The summed E-state index contributed by atoms with van der Waals surface area (Å²) in [5.74, 6) is -0.884. The van der Waals surface area contributed by atoms with Crippen LogP contribution in [0.15, 0.2) is 39.3 Å². The van der Waals surface area contributed by atoms with E-state index in [4.69, 9.17) is 9.84 Å². The highest BCUT2D eigenvalue weighted by Gasteiger charge is 2.14. The Hall–Kier alpha value is -1.60. The Morgan fingerprint density at radius 3 is 2.65 bits per heavy atom. The summed E-state index contributed by atoms with van der Waals surface area (Å²) in [6.45, 7) is 0.124. The second kappa shape index (κ2) is 7.79. The molecule has 0 bridgehead atoms. The fourth-order valence-electron chi connectivity index (χ4n) is 2.10. The van der Waals surface area contributed by atoms with E-state index in [2.05, 4.69) is 37.2 Å². The number of carboxylic acids is 1. The first-order chi connectivity index (χ1) is 10.9. The van der Waals surface area contributed by atoms with Crippen LogP contribution in [-0.4, -0.2) is 18.1 Å². The lowest BCUT2D eigenvalue weighted by atomic mass is 10.1. The fourth-order valence-corrected chi connectivity index (χ4v) is 3.53. The molecule has 0 atom stereocenters. The molecule has 7 heteroatoms. The zero-order valence-corrected chi connectivity index (χ0v) is 15.4. The van der Waals surface area contributed by atoms with Crippen molar-refractivity contribution >= 4 is 43.5 Å². The molecule has 2 N–H and O–H groups in total. The van der Waals surface area contributed by atoms with Crippen LogP contribution in [0.1, 0.15) is 11.1 Å². The van der Waals surface area contributed by atoms with Crippen molar-refractivity contribution in [3.63, 3.8) is 0 Å². The van der Waals surface area contributed by atoms with Gasteiger partial charge in [-0.15, -0.1) is 0 Å². The average molecular weight is 447 g/mol. The Morgan fingerprint density at radius 2 is 2.00 bits per heavy atom. The standard InChI is InChI=1S/C16H14Br2FNO3/c1-20-13-3-9(2-12(19)7-13)8-23-16-10(5-15(21)22)4-11(17)6-14(16)18/h2-4,6-7,20H,5,8H2,1H3,(H,21,22). The van der Waals surface area contributed by atoms with Gasteiger partial charge < -0.3 is 15.2 Å². The molecule has 4 nitrogen and oxygen atoms in total. The molecule has 0 aromatic heterocycles. The van der Waals surface area contributed by atoms with Gasteiger partial charge in [0.1, 0.15) is 18.2 Å². The van der Waals surface area contributed by atoms with Crippen molar-refractivity contribution in [1.29, 1.82) is 0 Å². The van der Waals surface area contributed by atoms with Gasteiger partial charge in [0.15, 0.2) is 0 Å². The fraction of sp³-hybridized carbons (Fsp3) is 0.188. The number of aliphatic carboxylic acids is 1. The first-order valence-corrected chi connectivity index (χ1v) is 8.27. The number of hydrogen-bond acceptors (Lipinski definition) is 3. The molecule has 0 saturated heterocycles. The van der Waals surface area contributed by atoms with Gasteiger partial charge in [-0.2, -0.15) is 0 Å². The Kier molecular flexibility index (Phi) is 6.01. The Labute approximate surface area is 149 Å². The normalized spacial score (nSPS) is 10.4. The van der Waals surface area contributed by atoms with Crippen LogP contribution in [0.25, 0.3) is 0 Å². The smallest absolute Gasteiger partial charge is 0.307 e. The number of carboxylic acid groups (broad SMARTS) is 1. The average Bonchev–Trinajstić information content (AvgIpc) is 2.44. The molecule has 0 spiro atoms. The van der Waals surface area contributed by atoms with Crippen LogP contribution in [0.3, 0.4) is 0 Å². The molecule has 0 amide bonds. The van der Waals surface area contributed by atoms with Gasteiger partial charge in [-0.1, -0.05) is 15.9 Å². The molecule has 122 valence electrons. The molecule has 2 aromatic rings. The van der Waals surface area contributed by atoms with E-state index in [1.165, 1.54) is 12.1 Å². The van der Waals surface area contributed by atoms with Crippen molar-refractivity contribution in [2.45, 2.75) is 13.0 Å². The molecule has 0 heterocycles. The topological polar surface area (TPSA) is 58.6 Å². The van der Waals surface area contributed by atoms with E-state index in [9.17, 15) is 9.18 Å². The number of ether oxygens (including phenoxy) is 1. The minimum absolute atomic E-state index is 0.124. The van der Waals surface area contributed by atoms with Crippen LogP contribution >= 0.6 is 31.9 Å². The largest absolute Gasteiger partial charge is 0.487 e. The summed E-state index contributed by atoms with van der Waals surface area (Å²) in [5, 5.41) is 11.9. The molecule has 0 radical (unpaired) electrons. The summed E-state index contributed by atoms with van der Waals surface area (Å²) < 4.78 is 20.7. The van der Waals surface area contributed by atoms with E-state index in [1.54, 1.807) is 25.2 Å². The van der Waals surface area contributed by atoms with Gasteiger partial charge in [0.25, 0.3) is 0 Å². The highest BCUT2D eigenvalue weighted by atomic mass is 79.9. The number of halogens is 3. The van der Waals surface area contributed by atoms with Crippen LogP contribution < -0.4 is 10.1 Å². The molecule has 0 fully saturated rings. The van der Waals surface area contributed by atoms with Gasteiger partial charge in [0, 0.05) is 22.8 Å². The maximum absolute atomic E-state index is 13.5. The minimum atomic E-state index is -0.955. The van der Waals surface area contributed by atoms with E-state index in [0.29, 0.717) is 27.0 Å². The quantitative estimate of drug-likeness (QED) is 0.680. The molecule has 2 rings (SSSR count). The third-order valence-corrected chi connectivity index (χ3v) is 4.10. The van der Waals surface area contributed by atoms with E-state index in [1.807, 2.05) is 0 Å². The highest BCUT2D eigenvalue weighted by Crippen LogP contribution is 2.34. The Morgan fingerprint density at radius 1 is 1.26 bits per heavy atom. The third-order valence-electron chi connectivity index (χ3n) is 3.06. The number of rotatable bonds is 6. The number of benzene rings is 2. The van der Waals surface area contributed by atoms with E-state index >= 15 is 0 Å². The second-order valence-electron chi connectivity index (χ2n) is 4.83. The molecular weight excluding hydrogens is 433 g/mol. The maximum Gasteiger partial charge on any atom is 0.307 e. The molecule has 2 aromatic carbocycles. The van der Waals surface area contributed by atoms with Crippen molar-refractivity contribution in [3.05, 3.63) is 56.2 Å². The molecule has 0 unspecified atom stereocenters. The third kappa shape index (κ3) is 4.94. The zero-order chi connectivity index (χ0) is 17.0. The maximum atomic E-state index is 13.5. The van der Waals surface area contributed by atoms with Crippen molar-refractivity contribution in [2.75, 3.05) is 12.4 Å². The van der Waals surface area contributed by atoms with Crippen molar-refractivity contribution in [1.82, 2.24) is 0 Å². The SMILES string of the molecule is CNc1cc(F)cc(COc2c(Br)cc(Br)cc2CC(=O)O)c1. The predicted molar refractivity (Wildman–Crippen MR) is 93.5 cm³/mol. The van der Waals surface area contributed by atoms with Crippen LogP contribution in [0.4, 0.5) is 10.1 Å². The lowest BCUT2D eigenvalue weighted by molar-refractivity contribution is -0.136. The van der Waals surface area contributed by atoms with Crippen molar-refractivity contribution in [2.24, 2.45) is 0 Å². The summed E-state index contributed by atoms with van der Waals surface area (Å²) >= 11 is 6.69. The van der Waals surface area contributed by atoms with Gasteiger partial charge in [0.2, 0.25) is 0 Å². The Balaban J connectivity index is 2.26. The van der Waals surface area contributed by atoms with Crippen LogP contribution in [0.2, 0.25) is 0 Å². The first kappa shape index (κ1) is 17.7. The lowest BCUT2D eigenvalue weighted by Gasteiger charge is -2.14. The molecule has 0 aliphatic heterocycles. The van der Waals surface area contributed by atoms with Gasteiger partial charge in [-0.05, 0) is 51.8 Å². The van der Waals surface area contributed by atoms with E-state index in [-0.39, 0.29) is 18.8 Å². The van der Waals surface area contributed by atoms with E-state index < -0.39 is 5.97 Å². The monoisotopic (exact) mass is 445 g/mol. The van der Waals surface area contributed by atoms with Crippen molar-refractivity contribution in [3.8, 4) is 5.75 Å². The summed E-state index contributed by atoms with van der Waals surface area (Å²) in [6.07, 6.45) is -0.168. The molecule has 23 heavy (non-hydrogen) atoms. The van der Waals surface area contributed by atoms with Crippen LogP contribution in [0.5, 0.6) is 5.75 Å².